The molecule has 0 atom stereocenters. The van der Waals surface area contributed by atoms with Crippen LogP contribution in [0.25, 0.3) is 5.69 Å². The van der Waals surface area contributed by atoms with Crippen molar-refractivity contribution in [3.63, 3.8) is 0 Å². The molecule has 1 fully saturated rings. The van der Waals surface area contributed by atoms with E-state index in [1.165, 1.54) is 11.8 Å². The summed E-state index contributed by atoms with van der Waals surface area (Å²) in [6, 6.07) is 16.4. The third kappa shape index (κ3) is 4.51. The van der Waals surface area contributed by atoms with Crippen LogP contribution in [0.2, 0.25) is 0 Å². The highest BCUT2D eigenvalue weighted by molar-refractivity contribution is 7.99. The number of aromatic nitrogens is 3. The number of ether oxygens (including phenoxy) is 1. The Hall–Kier alpha value is -2.80. The highest BCUT2D eigenvalue weighted by Gasteiger charge is 2.29. The lowest BCUT2D eigenvalue weighted by Crippen LogP contribution is -2.30. The molecule has 1 aliphatic rings. The van der Waals surface area contributed by atoms with Gasteiger partial charge in [-0.1, -0.05) is 48.2 Å². The molecule has 156 valence electrons. The maximum Gasteiger partial charge on any atom is 0.233 e. The third-order valence-electron chi connectivity index (χ3n) is 5.28. The summed E-state index contributed by atoms with van der Waals surface area (Å²) in [5.74, 6) is 2.04. The minimum absolute atomic E-state index is 0.124. The first-order chi connectivity index (χ1) is 14.5. The standard InChI is InChI=1S/C23H26N4O2S/c1-16-8-7-9-17(2)22(16)29-14-20-24-25-23(27(20)19-10-5-4-6-11-19)30-15-21(28)26(3)18-12-13-18/h4-11,18H,12-15H2,1-3H3. The van der Waals surface area contributed by atoms with Gasteiger partial charge in [0.15, 0.2) is 11.0 Å². The number of carbonyl (C=O) groups excluding carboxylic acids is 1. The Kier molecular flexibility index (Phi) is 6.08. The van der Waals surface area contributed by atoms with Gasteiger partial charge in [0.05, 0.1) is 5.75 Å². The Bertz CT molecular complexity index is 1010. The van der Waals surface area contributed by atoms with E-state index in [9.17, 15) is 4.79 Å². The molecular formula is C23H26N4O2S. The van der Waals surface area contributed by atoms with Gasteiger partial charge in [-0.3, -0.25) is 9.36 Å². The van der Waals surface area contributed by atoms with Crippen LogP contribution in [0.5, 0.6) is 5.75 Å². The summed E-state index contributed by atoms with van der Waals surface area (Å²) in [4.78, 5) is 14.3. The van der Waals surface area contributed by atoms with Gasteiger partial charge in [-0.15, -0.1) is 10.2 Å². The molecule has 0 saturated heterocycles. The topological polar surface area (TPSA) is 60.3 Å². The van der Waals surface area contributed by atoms with Crippen LogP contribution in [0, 0.1) is 13.8 Å². The lowest BCUT2D eigenvalue weighted by molar-refractivity contribution is -0.127. The van der Waals surface area contributed by atoms with Crippen LogP contribution in [0.15, 0.2) is 53.7 Å². The van der Waals surface area contributed by atoms with Crippen LogP contribution < -0.4 is 4.74 Å². The molecule has 6 nitrogen and oxygen atoms in total. The molecule has 3 aromatic rings. The normalized spacial score (nSPS) is 13.3. The predicted molar refractivity (Wildman–Crippen MR) is 118 cm³/mol. The van der Waals surface area contributed by atoms with Crippen LogP contribution in [0.4, 0.5) is 0 Å². The summed E-state index contributed by atoms with van der Waals surface area (Å²) in [5, 5.41) is 9.44. The zero-order chi connectivity index (χ0) is 21.1. The minimum Gasteiger partial charge on any atom is -0.485 e. The number of para-hydroxylation sites is 2. The third-order valence-corrected chi connectivity index (χ3v) is 6.20. The maximum atomic E-state index is 12.5. The molecule has 0 N–H and O–H groups in total. The van der Waals surface area contributed by atoms with Crippen molar-refractivity contribution in [2.24, 2.45) is 0 Å². The first-order valence-corrected chi connectivity index (χ1v) is 11.1. The number of hydrogen-bond donors (Lipinski definition) is 0. The van der Waals surface area contributed by atoms with Gasteiger partial charge in [-0.05, 0) is 49.9 Å². The fraction of sp³-hybridized carbons (Fsp3) is 0.348. The van der Waals surface area contributed by atoms with E-state index in [0.717, 1.165) is 35.4 Å². The van der Waals surface area contributed by atoms with Crippen molar-refractivity contribution in [1.29, 1.82) is 0 Å². The Morgan fingerprint density at radius 3 is 2.47 bits per heavy atom. The number of carbonyl (C=O) groups is 1. The van der Waals surface area contributed by atoms with Crippen LogP contribution in [-0.4, -0.2) is 44.4 Å². The number of rotatable bonds is 8. The minimum atomic E-state index is 0.124. The van der Waals surface area contributed by atoms with Crippen molar-refractivity contribution in [3.8, 4) is 11.4 Å². The molecule has 1 aromatic heterocycles. The molecule has 4 rings (SSSR count). The molecule has 1 saturated carbocycles. The number of benzene rings is 2. The highest BCUT2D eigenvalue weighted by atomic mass is 32.2. The van der Waals surface area contributed by atoms with Gasteiger partial charge in [-0.25, -0.2) is 0 Å². The van der Waals surface area contributed by atoms with Gasteiger partial charge in [-0.2, -0.15) is 0 Å². The molecule has 7 heteroatoms. The molecule has 2 aromatic carbocycles. The predicted octanol–water partition coefficient (Wildman–Crippen LogP) is 4.18. The summed E-state index contributed by atoms with van der Waals surface area (Å²) in [7, 11) is 1.88. The van der Waals surface area contributed by atoms with Gasteiger partial charge in [0.25, 0.3) is 0 Å². The van der Waals surface area contributed by atoms with Gasteiger partial charge in [0.2, 0.25) is 5.91 Å². The molecule has 1 amide bonds. The van der Waals surface area contributed by atoms with E-state index in [2.05, 4.69) is 10.2 Å². The second kappa shape index (κ2) is 8.92. The van der Waals surface area contributed by atoms with E-state index < -0.39 is 0 Å². The molecule has 0 radical (unpaired) electrons. The van der Waals surface area contributed by atoms with E-state index >= 15 is 0 Å². The molecule has 0 spiro atoms. The van der Waals surface area contributed by atoms with Crippen LogP contribution in [-0.2, 0) is 11.4 Å². The van der Waals surface area contributed by atoms with Gasteiger partial charge >= 0.3 is 0 Å². The number of nitrogens with zero attached hydrogens (tertiary/aromatic N) is 4. The summed E-state index contributed by atoms with van der Waals surface area (Å²) in [6.45, 7) is 4.37. The zero-order valence-electron chi connectivity index (χ0n) is 17.5. The lowest BCUT2D eigenvalue weighted by Gasteiger charge is -2.16. The van der Waals surface area contributed by atoms with E-state index in [1.54, 1.807) is 0 Å². The van der Waals surface area contributed by atoms with Gasteiger partial charge < -0.3 is 9.64 Å². The highest BCUT2D eigenvalue weighted by Crippen LogP contribution is 2.28. The zero-order valence-corrected chi connectivity index (χ0v) is 18.4. The fourth-order valence-corrected chi connectivity index (χ4v) is 4.28. The van der Waals surface area contributed by atoms with E-state index in [0.29, 0.717) is 29.4 Å². The first-order valence-electron chi connectivity index (χ1n) is 10.1. The lowest BCUT2D eigenvalue weighted by atomic mass is 10.1. The average molecular weight is 423 g/mol. The number of amides is 1. The Balaban J connectivity index is 1.55. The summed E-state index contributed by atoms with van der Waals surface area (Å²) < 4.78 is 8.10. The van der Waals surface area contributed by atoms with Crippen molar-refractivity contribution in [3.05, 3.63) is 65.5 Å². The Morgan fingerprint density at radius 1 is 1.10 bits per heavy atom. The van der Waals surface area contributed by atoms with Crippen molar-refractivity contribution in [1.82, 2.24) is 19.7 Å². The molecule has 30 heavy (non-hydrogen) atoms. The fourth-order valence-electron chi connectivity index (χ4n) is 3.38. The second-order valence-corrected chi connectivity index (χ2v) is 8.55. The van der Waals surface area contributed by atoms with Crippen molar-refractivity contribution in [2.45, 2.75) is 44.5 Å². The van der Waals surface area contributed by atoms with Crippen molar-refractivity contribution >= 4 is 17.7 Å². The number of aryl methyl sites for hydroxylation is 2. The Labute approximate surface area is 181 Å². The van der Waals surface area contributed by atoms with Gasteiger partial charge in [0, 0.05) is 18.8 Å². The smallest absolute Gasteiger partial charge is 0.233 e. The largest absolute Gasteiger partial charge is 0.485 e. The molecule has 1 aliphatic carbocycles. The van der Waals surface area contributed by atoms with Crippen molar-refractivity contribution < 1.29 is 9.53 Å². The molecular weight excluding hydrogens is 396 g/mol. The van der Waals surface area contributed by atoms with Gasteiger partial charge in [0.1, 0.15) is 12.4 Å². The van der Waals surface area contributed by atoms with E-state index in [4.69, 9.17) is 4.74 Å². The van der Waals surface area contributed by atoms with E-state index in [1.807, 2.05) is 78.9 Å². The monoisotopic (exact) mass is 422 g/mol. The summed E-state index contributed by atoms with van der Waals surface area (Å²) >= 11 is 1.41. The maximum absolute atomic E-state index is 12.5. The molecule has 0 unspecified atom stereocenters. The summed E-state index contributed by atoms with van der Waals surface area (Å²) in [5.41, 5.74) is 3.13. The SMILES string of the molecule is Cc1cccc(C)c1OCc1nnc(SCC(=O)N(C)C2CC2)n1-c1ccccc1. The van der Waals surface area contributed by atoms with Crippen LogP contribution in [0.3, 0.4) is 0 Å². The van der Waals surface area contributed by atoms with E-state index in [-0.39, 0.29) is 5.91 Å². The number of thioether (sulfide) groups is 1. The molecule has 1 heterocycles. The van der Waals surface area contributed by atoms with Crippen LogP contribution >= 0.6 is 11.8 Å². The summed E-state index contributed by atoms with van der Waals surface area (Å²) in [6.07, 6.45) is 2.21. The van der Waals surface area contributed by atoms with Crippen molar-refractivity contribution in [2.75, 3.05) is 12.8 Å². The molecule has 0 bridgehead atoms. The number of hydrogen-bond acceptors (Lipinski definition) is 5. The first kappa shape index (κ1) is 20.5. The average Bonchev–Trinajstić information content (AvgIpc) is 3.52. The Morgan fingerprint density at radius 2 is 1.80 bits per heavy atom. The molecule has 0 aliphatic heterocycles. The van der Waals surface area contributed by atoms with Crippen LogP contribution in [0.1, 0.15) is 29.8 Å². The quantitative estimate of drug-likeness (QED) is 0.510. The second-order valence-electron chi connectivity index (χ2n) is 7.60.